The quantitative estimate of drug-likeness (QED) is 0.472. The van der Waals surface area contributed by atoms with Gasteiger partial charge in [-0.05, 0) is 72.4 Å². The fourth-order valence-electron chi connectivity index (χ4n) is 5.48. The van der Waals surface area contributed by atoms with Crippen molar-refractivity contribution in [3.05, 3.63) is 88.7 Å². The summed E-state index contributed by atoms with van der Waals surface area (Å²) < 4.78 is 30.2. The van der Waals surface area contributed by atoms with Crippen LogP contribution in [-0.2, 0) is 11.2 Å². The molecule has 7 heteroatoms. The number of hydrogen-bond donors (Lipinski definition) is 0. The molecule has 3 aromatic rings. The van der Waals surface area contributed by atoms with E-state index in [2.05, 4.69) is 0 Å². The van der Waals surface area contributed by atoms with Crippen LogP contribution in [0.1, 0.15) is 45.8 Å². The van der Waals surface area contributed by atoms with Crippen LogP contribution in [0.25, 0.3) is 0 Å². The van der Waals surface area contributed by atoms with E-state index in [1.807, 2.05) is 35.2 Å². The number of carbonyl (C=O) groups is 2. The van der Waals surface area contributed by atoms with Crippen LogP contribution < -0.4 is 14.2 Å². The van der Waals surface area contributed by atoms with Gasteiger partial charge in [0.1, 0.15) is 18.2 Å². The maximum absolute atomic E-state index is 13.7. The first-order valence-electron chi connectivity index (χ1n) is 12.5. The van der Waals surface area contributed by atoms with Crippen molar-refractivity contribution < 1.29 is 28.2 Å². The van der Waals surface area contributed by atoms with E-state index in [1.165, 1.54) is 12.1 Å². The molecule has 3 aromatic carbocycles. The van der Waals surface area contributed by atoms with Crippen LogP contribution in [0.2, 0.25) is 0 Å². The van der Waals surface area contributed by atoms with Crippen molar-refractivity contribution in [3.63, 3.8) is 0 Å². The summed E-state index contributed by atoms with van der Waals surface area (Å²) in [4.78, 5) is 27.0. The average Bonchev–Trinajstić information content (AvgIpc) is 2.93. The number of hydrogen-bond acceptors (Lipinski definition) is 5. The predicted octanol–water partition coefficient (Wildman–Crippen LogP) is 5.03. The summed E-state index contributed by atoms with van der Waals surface area (Å²) in [6.07, 6.45) is 1.90. The van der Waals surface area contributed by atoms with Crippen LogP contribution in [0, 0.1) is 11.7 Å². The zero-order chi connectivity index (χ0) is 25.9. The molecule has 2 aliphatic rings. The Balaban J connectivity index is 1.36. The number of Topliss-reactive ketones (excluding diaryl/α,β-unsaturated/α-hetero) is 1. The molecule has 37 heavy (non-hydrogen) atoms. The van der Waals surface area contributed by atoms with Gasteiger partial charge in [0, 0.05) is 36.6 Å². The number of nitrogens with zero attached hydrogens (tertiary/aromatic N) is 1. The number of ketones is 1. The Morgan fingerprint density at radius 3 is 2.35 bits per heavy atom. The van der Waals surface area contributed by atoms with Crippen molar-refractivity contribution in [3.8, 4) is 17.2 Å². The molecule has 1 saturated heterocycles. The maximum Gasteiger partial charge on any atom is 0.253 e. The number of amides is 1. The molecule has 0 spiro atoms. The molecule has 0 aliphatic carbocycles. The van der Waals surface area contributed by atoms with Gasteiger partial charge in [-0.25, -0.2) is 4.39 Å². The highest BCUT2D eigenvalue weighted by Gasteiger charge is 2.32. The SMILES string of the molecule is COc1ccc([C@@H](c2ccc(F)cc2)C2CCN(C(=O)c3ccc4c(c3)CC(=O)CO4)CC2)cc1OC. The molecule has 0 radical (unpaired) electrons. The number of fused-ring (bicyclic) bond motifs is 1. The van der Waals surface area contributed by atoms with Crippen LogP contribution >= 0.6 is 0 Å². The first-order valence-corrected chi connectivity index (χ1v) is 12.5. The Bertz CT molecular complexity index is 1300. The zero-order valence-electron chi connectivity index (χ0n) is 21.0. The van der Waals surface area contributed by atoms with Gasteiger partial charge in [-0.3, -0.25) is 9.59 Å². The highest BCUT2D eigenvalue weighted by Crippen LogP contribution is 2.41. The summed E-state index contributed by atoms with van der Waals surface area (Å²) in [5.41, 5.74) is 3.43. The number of methoxy groups -OCH3 is 2. The molecule has 0 aromatic heterocycles. The van der Waals surface area contributed by atoms with Crippen molar-refractivity contribution >= 4 is 11.7 Å². The van der Waals surface area contributed by atoms with Gasteiger partial charge in [0.15, 0.2) is 17.3 Å². The lowest BCUT2D eigenvalue weighted by Gasteiger charge is -2.37. The van der Waals surface area contributed by atoms with Crippen LogP contribution in [0.5, 0.6) is 17.2 Å². The van der Waals surface area contributed by atoms with E-state index in [0.29, 0.717) is 42.3 Å². The summed E-state index contributed by atoms with van der Waals surface area (Å²) in [6, 6.07) is 17.9. The van der Waals surface area contributed by atoms with Crippen LogP contribution in [0.15, 0.2) is 60.7 Å². The Hall–Kier alpha value is -3.87. The number of piperidine rings is 1. The topological polar surface area (TPSA) is 65.1 Å². The minimum Gasteiger partial charge on any atom is -0.493 e. The molecule has 192 valence electrons. The minimum absolute atomic E-state index is 0.0138. The Kier molecular flexibility index (Phi) is 7.12. The number of benzene rings is 3. The van der Waals surface area contributed by atoms with Crippen molar-refractivity contribution in [2.24, 2.45) is 5.92 Å². The van der Waals surface area contributed by atoms with Gasteiger partial charge < -0.3 is 19.1 Å². The normalized spacial score (nSPS) is 16.5. The molecule has 6 nitrogen and oxygen atoms in total. The van der Waals surface area contributed by atoms with E-state index in [-0.39, 0.29) is 36.0 Å². The van der Waals surface area contributed by atoms with Gasteiger partial charge in [-0.2, -0.15) is 0 Å². The standard InChI is InChI=1S/C30H30FNO5/c1-35-27-10-5-21(17-28(27)36-2)29(19-3-7-24(31)8-4-19)20-11-13-32(14-12-20)30(34)22-6-9-26-23(15-22)16-25(33)18-37-26/h3-10,15,17,20,29H,11-14,16,18H2,1-2H3/t29-/m0/s1. The zero-order valence-corrected chi connectivity index (χ0v) is 21.0. The third-order valence-corrected chi connectivity index (χ3v) is 7.38. The summed E-state index contributed by atoms with van der Waals surface area (Å²) in [5.74, 6) is 1.95. The number of likely N-dealkylation sites (tertiary alicyclic amines) is 1. The smallest absolute Gasteiger partial charge is 0.253 e. The third-order valence-electron chi connectivity index (χ3n) is 7.38. The van der Waals surface area contributed by atoms with Crippen molar-refractivity contribution in [1.82, 2.24) is 4.90 Å². The molecular formula is C30H30FNO5. The van der Waals surface area contributed by atoms with E-state index in [9.17, 15) is 14.0 Å². The van der Waals surface area contributed by atoms with Crippen LogP contribution in [0.4, 0.5) is 4.39 Å². The summed E-state index contributed by atoms with van der Waals surface area (Å²) in [6.45, 7) is 1.31. The summed E-state index contributed by atoms with van der Waals surface area (Å²) >= 11 is 0. The fourth-order valence-corrected chi connectivity index (χ4v) is 5.48. The van der Waals surface area contributed by atoms with Gasteiger partial charge >= 0.3 is 0 Å². The van der Waals surface area contributed by atoms with Gasteiger partial charge in [-0.15, -0.1) is 0 Å². The van der Waals surface area contributed by atoms with Crippen LogP contribution in [-0.4, -0.2) is 50.5 Å². The number of rotatable bonds is 6. The Morgan fingerprint density at radius 1 is 0.946 bits per heavy atom. The monoisotopic (exact) mass is 503 g/mol. The fraction of sp³-hybridized carbons (Fsp3) is 0.333. The maximum atomic E-state index is 13.7. The highest BCUT2D eigenvalue weighted by molar-refractivity contribution is 5.95. The molecular weight excluding hydrogens is 473 g/mol. The lowest BCUT2D eigenvalue weighted by Crippen LogP contribution is -2.40. The van der Waals surface area contributed by atoms with Gasteiger partial charge in [-0.1, -0.05) is 18.2 Å². The Labute approximate surface area is 216 Å². The second-order valence-electron chi connectivity index (χ2n) is 9.60. The summed E-state index contributed by atoms with van der Waals surface area (Å²) in [7, 11) is 3.22. The predicted molar refractivity (Wildman–Crippen MR) is 137 cm³/mol. The number of halogens is 1. The molecule has 1 amide bonds. The van der Waals surface area contributed by atoms with Crippen molar-refractivity contribution in [1.29, 1.82) is 0 Å². The molecule has 1 atom stereocenters. The lowest BCUT2D eigenvalue weighted by atomic mass is 9.76. The Morgan fingerprint density at radius 2 is 1.65 bits per heavy atom. The van der Waals surface area contributed by atoms with E-state index in [4.69, 9.17) is 14.2 Å². The summed E-state index contributed by atoms with van der Waals surface area (Å²) in [5, 5.41) is 0. The first-order chi connectivity index (χ1) is 18.0. The molecule has 2 heterocycles. The second kappa shape index (κ2) is 10.6. The van der Waals surface area contributed by atoms with Gasteiger partial charge in [0.05, 0.1) is 14.2 Å². The average molecular weight is 504 g/mol. The molecule has 0 N–H and O–H groups in total. The van der Waals surface area contributed by atoms with E-state index < -0.39 is 0 Å². The largest absolute Gasteiger partial charge is 0.493 e. The number of carbonyl (C=O) groups excluding carboxylic acids is 2. The van der Waals surface area contributed by atoms with E-state index in [0.717, 1.165) is 29.5 Å². The molecule has 1 fully saturated rings. The number of ether oxygens (including phenoxy) is 3. The molecule has 0 saturated carbocycles. The molecule has 5 rings (SSSR count). The van der Waals surface area contributed by atoms with E-state index in [1.54, 1.807) is 32.4 Å². The van der Waals surface area contributed by atoms with Crippen molar-refractivity contribution in [2.75, 3.05) is 33.9 Å². The molecule has 0 unspecified atom stereocenters. The van der Waals surface area contributed by atoms with E-state index >= 15 is 0 Å². The lowest BCUT2D eigenvalue weighted by molar-refractivity contribution is -0.121. The first kappa shape index (κ1) is 24.8. The molecule has 0 bridgehead atoms. The molecule has 2 aliphatic heterocycles. The highest BCUT2D eigenvalue weighted by atomic mass is 19.1. The van der Waals surface area contributed by atoms with Gasteiger partial charge in [0.25, 0.3) is 5.91 Å². The minimum atomic E-state index is -0.271. The second-order valence-corrected chi connectivity index (χ2v) is 9.60. The van der Waals surface area contributed by atoms with Crippen LogP contribution in [0.3, 0.4) is 0 Å². The van der Waals surface area contributed by atoms with Crippen molar-refractivity contribution in [2.45, 2.75) is 25.2 Å². The third kappa shape index (κ3) is 5.17. The van der Waals surface area contributed by atoms with Gasteiger partial charge in [0.2, 0.25) is 0 Å².